The van der Waals surface area contributed by atoms with Crippen LogP contribution in [0.3, 0.4) is 0 Å². The summed E-state index contributed by atoms with van der Waals surface area (Å²) < 4.78 is 0. The maximum Gasteiger partial charge on any atom is 1.00 e. The molecule has 0 radical (unpaired) electrons. The fraction of sp³-hybridized carbons (Fsp3) is 0. The molecule has 0 saturated heterocycles. The van der Waals surface area contributed by atoms with Gasteiger partial charge in [-0.2, -0.15) is 0 Å². The van der Waals surface area contributed by atoms with Gasteiger partial charge in [-0.25, -0.2) is 15.0 Å². The molecule has 0 atom stereocenters. The Kier molecular flexibility index (Phi) is 7.32. The Morgan fingerprint density at radius 2 is 1.06 bits per heavy atom. The third-order valence-corrected chi connectivity index (χ3v) is 4.88. The molecule has 2 heterocycles. The molecule has 0 spiro atoms. The van der Waals surface area contributed by atoms with E-state index in [1.165, 1.54) is 6.07 Å². The van der Waals surface area contributed by atoms with Gasteiger partial charge in [0.15, 0.2) is 17.5 Å². The number of nitrogens with zero attached hydrogens (tertiary/aromatic N) is 4. The van der Waals surface area contributed by atoms with Crippen LogP contribution in [0, 0.1) is 0 Å². The Hall–Kier alpha value is -2.57. The third kappa shape index (κ3) is 4.91. The van der Waals surface area contributed by atoms with Gasteiger partial charge in [-0.3, -0.25) is 4.98 Å². The van der Waals surface area contributed by atoms with Crippen LogP contribution < -0.4 is 63.3 Å². The van der Waals surface area contributed by atoms with E-state index in [4.69, 9.17) is 15.0 Å². The van der Waals surface area contributed by atoms with E-state index in [1.807, 2.05) is 78.9 Å². The van der Waals surface area contributed by atoms with Gasteiger partial charge in [0.2, 0.25) is 0 Å². The summed E-state index contributed by atoms with van der Waals surface area (Å²) in [5.74, 6) is 1.57. The van der Waals surface area contributed by atoms with Crippen molar-refractivity contribution >= 4 is 0 Å². The average molecular weight is 487 g/mol. The maximum absolute atomic E-state index is 12.5. The summed E-state index contributed by atoms with van der Waals surface area (Å²) in [6.45, 7) is 0. The van der Waals surface area contributed by atoms with E-state index in [2.05, 4.69) is 4.98 Å². The van der Waals surface area contributed by atoms with Crippen LogP contribution in [0.4, 0.5) is 0 Å². The second kappa shape index (κ2) is 10.4. The number of hydrogen-bond acceptors (Lipinski definition) is 5. The SMILES string of the molecule is [O-]c1ccc(-c2nc(-c3ccccc3)nc(-c3ccccc3)n2)cc1-c1ccccn1.[Rb+]. The van der Waals surface area contributed by atoms with Gasteiger partial charge >= 0.3 is 58.2 Å². The molecule has 0 unspecified atom stereocenters. The molecule has 2 aromatic heterocycles. The summed E-state index contributed by atoms with van der Waals surface area (Å²) in [5.41, 5.74) is 3.66. The molecule has 0 saturated carbocycles. The number of hydrogen-bond donors (Lipinski definition) is 0. The Morgan fingerprint density at radius 1 is 0.531 bits per heavy atom. The monoisotopic (exact) mass is 486 g/mol. The van der Waals surface area contributed by atoms with E-state index in [-0.39, 0.29) is 63.9 Å². The van der Waals surface area contributed by atoms with Crippen LogP contribution >= 0.6 is 0 Å². The Balaban J connectivity index is 0.00000245. The van der Waals surface area contributed by atoms with Crippen LogP contribution in [0.1, 0.15) is 0 Å². The first-order chi connectivity index (χ1) is 15.3. The van der Waals surface area contributed by atoms with Crippen molar-refractivity contribution in [2.24, 2.45) is 0 Å². The molecule has 6 heteroatoms. The van der Waals surface area contributed by atoms with Crippen molar-refractivity contribution in [3.8, 4) is 51.2 Å². The quantitative estimate of drug-likeness (QED) is 0.388. The van der Waals surface area contributed by atoms with E-state index < -0.39 is 0 Å². The molecule has 5 aromatic rings. The van der Waals surface area contributed by atoms with E-state index in [0.29, 0.717) is 28.7 Å². The molecule has 0 bridgehead atoms. The average Bonchev–Trinajstić information content (AvgIpc) is 2.86. The van der Waals surface area contributed by atoms with Gasteiger partial charge in [-0.1, -0.05) is 84.6 Å². The summed E-state index contributed by atoms with van der Waals surface area (Å²) in [5, 5.41) is 12.5. The summed E-state index contributed by atoms with van der Waals surface area (Å²) in [6.07, 6.45) is 1.67. The Labute approximate surface area is 235 Å². The molecular weight excluding hydrogens is 470 g/mol. The Bertz CT molecular complexity index is 1270. The molecule has 32 heavy (non-hydrogen) atoms. The molecule has 0 fully saturated rings. The molecule has 3 aromatic carbocycles. The molecular formula is C26H17N4ORb. The number of aromatic nitrogens is 4. The van der Waals surface area contributed by atoms with Crippen LogP contribution in [0.5, 0.6) is 5.75 Å². The van der Waals surface area contributed by atoms with E-state index >= 15 is 0 Å². The van der Waals surface area contributed by atoms with Gasteiger partial charge in [0.25, 0.3) is 0 Å². The second-order valence-electron chi connectivity index (χ2n) is 6.96. The zero-order valence-corrected chi connectivity index (χ0v) is 22.4. The molecule has 148 valence electrons. The predicted molar refractivity (Wildman–Crippen MR) is 119 cm³/mol. The molecule has 0 aliphatic rings. The normalized spacial score (nSPS) is 10.4. The first-order valence-electron chi connectivity index (χ1n) is 9.88. The second-order valence-corrected chi connectivity index (χ2v) is 6.96. The molecule has 0 aliphatic heterocycles. The molecule has 5 rings (SSSR count). The van der Waals surface area contributed by atoms with E-state index in [1.54, 1.807) is 18.3 Å². The van der Waals surface area contributed by atoms with Crippen molar-refractivity contribution in [2.45, 2.75) is 0 Å². The third-order valence-electron chi connectivity index (χ3n) is 4.88. The summed E-state index contributed by atoms with van der Waals surface area (Å²) in [4.78, 5) is 18.5. The summed E-state index contributed by atoms with van der Waals surface area (Å²) in [6, 6.07) is 30.1. The van der Waals surface area contributed by atoms with Crippen LogP contribution in [-0.4, -0.2) is 19.9 Å². The van der Waals surface area contributed by atoms with Gasteiger partial charge in [-0.15, -0.1) is 0 Å². The van der Waals surface area contributed by atoms with Crippen molar-refractivity contribution in [1.29, 1.82) is 0 Å². The van der Waals surface area contributed by atoms with Gasteiger partial charge in [0, 0.05) is 22.9 Å². The molecule has 0 N–H and O–H groups in total. The summed E-state index contributed by atoms with van der Waals surface area (Å²) in [7, 11) is 0. The van der Waals surface area contributed by atoms with E-state index in [9.17, 15) is 5.11 Å². The Morgan fingerprint density at radius 3 is 1.59 bits per heavy atom. The van der Waals surface area contributed by atoms with Crippen molar-refractivity contribution in [2.75, 3.05) is 0 Å². The van der Waals surface area contributed by atoms with Crippen molar-refractivity contribution in [3.05, 3.63) is 103 Å². The topological polar surface area (TPSA) is 74.6 Å². The van der Waals surface area contributed by atoms with Crippen molar-refractivity contribution < 1.29 is 63.3 Å². The number of pyridine rings is 1. The smallest absolute Gasteiger partial charge is 0.872 e. The van der Waals surface area contributed by atoms with Gasteiger partial charge in [0.1, 0.15) is 0 Å². The number of rotatable bonds is 4. The minimum absolute atomic E-state index is 0. The largest absolute Gasteiger partial charge is 1.00 e. The fourth-order valence-corrected chi connectivity index (χ4v) is 3.33. The fourth-order valence-electron chi connectivity index (χ4n) is 3.33. The maximum atomic E-state index is 12.5. The zero-order chi connectivity index (χ0) is 21.0. The first kappa shape index (κ1) is 22.6. The first-order valence-corrected chi connectivity index (χ1v) is 9.88. The summed E-state index contributed by atoms with van der Waals surface area (Å²) >= 11 is 0. The number of benzene rings is 3. The standard InChI is InChI=1S/C26H18N4O.Rb/c31-23-15-14-20(17-21(23)22-13-7-8-16-27-22)26-29-24(18-9-3-1-4-10-18)28-25(30-26)19-11-5-2-6-12-19;/h1-17,31H;/q;+1/p-1. The van der Waals surface area contributed by atoms with Gasteiger partial charge in [-0.05, 0) is 23.8 Å². The van der Waals surface area contributed by atoms with Gasteiger partial charge in [0.05, 0.1) is 5.69 Å². The van der Waals surface area contributed by atoms with E-state index in [0.717, 1.165) is 16.7 Å². The van der Waals surface area contributed by atoms with Gasteiger partial charge < -0.3 is 5.11 Å². The van der Waals surface area contributed by atoms with Crippen LogP contribution in [0.2, 0.25) is 0 Å². The van der Waals surface area contributed by atoms with Crippen molar-refractivity contribution in [1.82, 2.24) is 19.9 Å². The van der Waals surface area contributed by atoms with Crippen molar-refractivity contribution in [3.63, 3.8) is 0 Å². The van der Waals surface area contributed by atoms with Crippen LogP contribution in [0.15, 0.2) is 103 Å². The van der Waals surface area contributed by atoms with Crippen LogP contribution in [-0.2, 0) is 0 Å². The molecule has 0 aliphatic carbocycles. The molecule has 5 nitrogen and oxygen atoms in total. The van der Waals surface area contributed by atoms with Crippen LogP contribution in [0.25, 0.3) is 45.4 Å². The predicted octanol–water partition coefficient (Wildman–Crippen LogP) is 2.01. The zero-order valence-electron chi connectivity index (χ0n) is 17.5. The molecule has 0 amide bonds. The minimum Gasteiger partial charge on any atom is -0.872 e. The minimum atomic E-state index is -0.0944.